The number of carbonyl (C=O) groups excluding carboxylic acids is 2. The van der Waals surface area contributed by atoms with E-state index in [0.717, 1.165) is 11.1 Å². The van der Waals surface area contributed by atoms with Gasteiger partial charge < -0.3 is 16.4 Å². The third-order valence-electron chi connectivity index (χ3n) is 4.87. The van der Waals surface area contributed by atoms with E-state index in [9.17, 15) is 9.59 Å². The van der Waals surface area contributed by atoms with E-state index in [4.69, 9.17) is 5.73 Å². The van der Waals surface area contributed by atoms with Crippen LogP contribution in [0.1, 0.15) is 25.0 Å². The molecule has 4 N–H and O–H groups in total. The molecule has 1 aromatic heterocycles. The van der Waals surface area contributed by atoms with Gasteiger partial charge in [0.1, 0.15) is 13.1 Å². The number of amides is 2. The Hall–Kier alpha value is -3.51. The van der Waals surface area contributed by atoms with Crippen LogP contribution in [0.3, 0.4) is 0 Å². The molecule has 0 fully saturated rings. The van der Waals surface area contributed by atoms with E-state index < -0.39 is 12.1 Å². The average Bonchev–Trinajstić information content (AvgIpc) is 2.74. The van der Waals surface area contributed by atoms with Gasteiger partial charge in [-0.3, -0.25) is 9.59 Å². The summed E-state index contributed by atoms with van der Waals surface area (Å²) in [5.74, 6) is -0.656. The van der Waals surface area contributed by atoms with E-state index in [0.29, 0.717) is 5.69 Å². The summed E-state index contributed by atoms with van der Waals surface area (Å²) in [6.45, 7) is 3.20. The molecule has 154 valence electrons. The number of aryl methyl sites for hydroxylation is 1. The van der Waals surface area contributed by atoms with Gasteiger partial charge in [0.05, 0.1) is 11.4 Å². The molecule has 3 rings (SSSR count). The van der Waals surface area contributed by atoms with Crippen LogP contribution in [0.25, 0.3) is 23.1 Å². The standard InChI is InChI=1S/C24H26N4O2/c1-16(25)23(29)26-17(2)24(30)27-20-12-9-18(10-13-20)8-11-19-14-15-28(3)22-7-5-4-6-21(19)22/h4-17H,25H2,1-3H3,(H,26,29)/p+1/t16-,17-/m0/s1. The number of para-hydroxylation sites is 1. The number of hydrogen-bond acceptors (Lipinski definition) is 3. The largest absolute Gasteiger partial charge is 0.343 e. The zero-order valence-electron chi connectivity index (χ0n) is 17.4. The van der Waals surface area contributed by atoms with E-state index in [1.54, 1.807) is 13.8 Å². The van der Waals surface area contributed by atoms with Gasteiger partial charge in [0, 0.05) is 17.8 Å². The maximum atomic E-state index is 12.2. The van der Waals surface area contributed by atoms with Crippen LogP contribution in [-0.4, -0.2) is 23.9 Å². The summed E-state index contributed by atoms with van der Waals surface area (Å²) in [4.78, 5) is 23.9. The van der Waals surface area contributed by atoms with Crippen molar-refractivity contribution in [1.29, 1.82) is 0 Å². The molecule has 0 aliphatic carbocycles. The van der Waals surface area contributed by atoms with Crippen molar-refractivity contribution in [3.05, 3.63) is 71.9 Å². The summed E-state index contributed by atoms with van der Waals surface area (Å²) >= 11 is 0. The predicted molar refractivity (Wildman–Crippen MR) is 120 cm³/mol. The highest BCUT2D eigenvalue weighted by atomic mass is 16.2. The van der Waals surface area contributed by atoms with Gasteiger partial charge in [0.25, 0.3) is 0 Å². The highest BCUT2D eigenvalue weighted by Gasteiger charge is 2.17. The number of carbonyl (C=O) groups is 2. The Balaban J connectivity index is 1.67. The molecular formula is C24H27N4O2+. The summed E-state index contributed by atoms with van der Waals surface area (Å²) in [7, 11) is 2.03. The Kier molecular flexibility index (Phi) is 6.59. The molecule has 30 heavy (non-hydrogen) atoms. The summed E-state index contributed by atoms with van der Waals surface area (Å²) in [5, 5.41) is 6.56. The summed E-state index contributed by atoms with van der Waals surface area (Å²) < 4.78 is 2.10. The molecule has 1 heterocycles. The normalized spacial score (nSPS) is 13.2. The van der Waals surface area contributed by atoms with Crippen molar-refractivity contribution in [3.8, 4) is 0 Å². The van der Waals surface area contributed by atoms with Gasteiger partial charge in [-0.1, -0.05) is 36.4 Å². The van der Waals surface area contributed by atoms with Crippen molar-refractivity contribution in [2.24, 2.45) is 12.8 Å². The van der Waals surface area contributed by atoms with E-state index >= 15 is 0 Å². The predicted octanol–water partition coefficient (Wildman–Crippen LogP) is 2.63. The zero-order valence-corrected chi connectivity index (χ0v) is 17.4. The number of aromatic nitrogens is 1. The molecule has 0 radical (unpaired) electrons. The quantitative estimate of drug-likeness (QED) is 0.553. The van der Waals surface area contributed by atoms with Crippen molar-refractivity contribution in [1.82, 2.24) is 5.32 Å². The van der Waals surface area contributed by atoms with E-state index in [-0.39, 0.29) is 11.8 Å². The molecule has 0 bridgehead atoms. The Morgan fingerprint density at radius 2 is 1.67 bits per heavy atom. The second-order valence-electron chi connectivity index (χ2n) is 7.36. The molecule has 2 atom stereocenters. The van der Waals surface area contributed by atoms with Gasteiger partial charge >= 0.3 is 0 Å². The molecule has 0 aliphatic heterocycles. The Bertz CT molecular complexity index is 1090. The van der Waals surface area contributed by atoms with Gasteiger partial charge in [0.2, 0.25) is 17.3 Å². The van der Waals surface area contributed by atoms with Crippen LogP contribution < -0.4 is 20.9 Å². The van der Waals surface area contributed by atoms with E-state index in [1.807, 2.05) is 55.7 Å². The topological polar surface area (TPSA) is 88.1 Å². The lowest BCUT2D eigenvalue weighted by Crippen LogP contribution is -2.47. The van der Waals surface area contributed by atoms with Crippen molar-refractivity contribution in [3.63, 3.8) is 0 Å². The SMILES string of the molecule is C[C@H](N)C(=O)N[C@@H](C)C(=O)Nc1ccc(C=Cc2cc[n+](C)c3ccccc23)cc1. The third-order valence-corrected chi connectivity index (χ3v) is 4.87. The monoisotopic (exact) mass is 403 g/mol. The molecule has 2 amide bonds. The first kappa shape index (κ1) is 21.2. The third kappa shape index (κ3) is 5.10. The maximum absolute atomic E-state index is 12.2. The highest BCUT2D eigenvalue weighted by Crippen LogP contribution is 2.18. The maximum Gasteiger partial charge on any atom is 0.246 e. The molecule has 3 aromatic rings. The molecule has 0 aliphatic rings. The van der Waals surface area contributed by atoms with Crippen molar-refractivity contribution < 1.29 is 14.2 Å². The number of nitrogens with two attached hydrogens (primary N) is 1. The minimum atomic E-state index is -0.671. The minimum Gasteiger partial charge on any atom is -0.343 e. The fourth-order valence-electron chi connectivity index (χ4n) is 3.06. The fourth-order valence-corrected chi connectivity index (χ4v) is 3.06. The molecule has 6 heteroatoms. The van der Waals surface area contributed by atoms with Crippen molar-refractivity contribution >= 4 is 40.6 Å². The number of rotatable bonds is 6. The second-order valence-corrected chi connectivity index (χ2v) is 7.36. The van der Waals surface area contributed by atoms with Gasteiger partial charge in [-0.2, -0.15) is 0 Å². The van der Waals surface area contributed by atoms with Gasteiger partial charge in [-0.25, -0.2) is 4.57 Å². The molecule has 0 saturated heterocycles. The van der Waals surface area contributed by atoms with Crippen molar-refractivity contribution in [2.75, 3.05) is 5.32 Å². The Morgan fingerprint density at radius 1 is 0.967 bits per heavy atom. The molecule has 6 nitrogen and oxygen atoms in total. The van der Waals surface area contributed by atoms with E-state index in [2.05, 4.69) is 39.5 Å². The summed E-state index contributed by atoms with van der Waals surface area (Å²) in [5.41, 5.74) is 9.50. The Labute approximate surface area is 176 Å². The smallest absolute Gasteiger partial charge is 0.246 e. The van der Waals surface area contributed by atoms with Crippen LogP contribution in [0, 0.1) is 0 Å². The molecular weight excluding hydrogens is 376 g/mol. The fraction of sp³-hybridized carbons (Fsp3) is 0.208. The van der Waals surface area contributed by atoms with Crippen LogP contribution in [0.5, 0.6) is 0 Å². The number of anilines is 1. The summed E-state index contributed by atoms with van der Waals surface area (Å²) in [6, 6.07) is 16.6. The first-order valence-corrected chi connectivity index (χ1v) is 9.87. The van der Waals surface area contributed by atoms with Crippen LogP contribution in [-0.2, 0) is 16.6 Å². The number of fused-ring (bicyclic) bond motifs is 1. The lowest BCUT2D eigenvalue weighted by molar-refractivity contribution is -0.644. The number of hydrogen-bond donors (Lipinski definition) is 3. The lowest BCUT2D eigenvalue weighted by Gasteiger charge is -2.15. The minimum absolute atomic E-state index is 0.295. The molecule has 0 unspecified atom stereocenters. The molecule has 0 saturated carbocycles. The number of nitrogens with zero attached hydrogens (tertiary/aromatic N) is 1. The van der Waals surface area contributed by atoms with Crippen LogP contribution in [0.4, 0.5) is 5.69 Å². The average molecular weight is 404 g/mol. The van der Waals surface area contributed by atoms with Crippen LogP contribution in [0.2, 0.25) is 0 Å². The molecule has 0 spiro atoms. The number of pyridine rings is 1. The van der Waals surface area contributed by atoms with Gasteiger partial charge in [0.15, 0.2) is 6.20 Å². The zero-order chi connectivity index (χ0) is 21.7. The first-order chi connectivity index (χ1) is 14.3. The van der Waals surface area contributed by atoms with Gasteiger partial charge in [-0.15, -0.1) is 0 Å². The first-order valence-electron chi connectivity index (χ1n) is 9.87. The van der Waals surface area contributed by atoms with Gasteiger partial charge in [-0.05, 0) is 43.2 Å². The van der Waals surface area contributed by atoms with Crippen LogP contribution in [0.15, 0.2) is 60.8 Å². The van der Waals surface area contributed by atoms with Crippen molar-refractivity contribution in [2.45, 2.75) is 25.9 Å². The Morgan fingerprint density at radius 3 is 2.37 bits per heavy atom. The van der Waals surface area contributed by atoms with Crippen LogP contribution >= 0.6 is 0 Å². The number of nitrogens with one attached hydrogen (secondary N) is 2. The lowest BCUT2D eigenvalue weighted by atomic mass is 10.1. The number of benzene rings is 2. The summed E-state index contributed by atoms with van der Waals surface area (Å²) in [6.07, 6.45) is 6.17. The molecule has 2 aromatic carbocycles. The second kappa shape index (κ2) is 9.33. The highest BCUT2D eigenvalue weighted by molar-refractivity contribution is 5.97. The van der Waals surface area contributed by atoms with E-state index in [1.165, 1.54) is 10.9 Å².